The number of piperidine rings is 1. The van der Waals surface area contributed by atoms with Crippen LogP contribution in [0, 0.1) is 11.7 Å². The Morgan fingerprint density at radius 3 is 2.66 bits per heavy atom. The molecule has 0 radical (unpaired) electrons. The first-order chi connectivity index (χ1) is 18.3. The number of hydrogen-bond acceptors (Lipinski definition) is 6. The molecule has 0 spiro atoms. The molecule has 1 amide bonds. The molecule has 10 heteroatoms. The maximum Gasteiger partial charge on any atom is 0.264 e. The van der Waals surface area contributed by atoms with Crippen molar-refractivity contribution < 1.29 is 19.4 Å². The predicted octanol–water partition coefficient (Wildman–Crippen LogP) is 2.64. The number of amides is 1. The average molecular weight is 518 g/mol. The van der Waals surface area contributed by atoms with E-state index in [0.29, 0.717) is 59.3 Å². The summed E-state index contributed by atoms with van der Waals surface area (Å²) in [7, 11) is 0. The summed E-state index contributed by atoms with van der Waals surface area (Å²) in [6.45, 7) is 0.818. The number of aliphatic hydroxyl groups is 2. The Bertz CT molecular complexity index is 1580. The lowest BCUT2D eigenvalue weighted by Gasteiger charge is -2.38. The fraction of sp³-hybridized carbons (Fsp3) is 0.357. The summed E-state index contributed by atoms with van der Waals surface area (Å²) < 4.78 is 16.9. The van der Waals surface area contributed by atoms with E-state index in [1.54, 1.807) is 28.9 Å². The Morgan fingerprint density at radius 1 is 1.13 bits per heavy atom. The molecule has 1 saturated carbocycles. The summed E-state index contributed by atoms with van der Waals surface area (Å²) in [6, 6.07) is 11.4. The van der Waals surface area contributed by atoms with E-state index in [9.17, 15) is 24.2 Å². The number of aliphatic hydroxyl groups excluding tert-OH is 1. The van der Waals surface area contributed by atoms with Crippen molar-refractivity contribution in [1.82, 2.24) is 24.2 Å². The molecule has 0 bridgehead atoms. The van der Waals surface area contributed by atoms with Gasteiger partial charge in [0, 0.05) is 19.0 Å². The van der Waals surface area contributed by atoms with Gasteiger partial charge in [-0.15, -0.1) is 0 Å². The van der Waals surface area contributed by atoms with E-state index in [-0.39, 0.29) is 30.5 Å². The van der Waals surface area contributed by atoms with Crippen LogP contribution in [-0.4, -0.2) is 59.0 Å². The lowest BCUT2D eigenvalue weighted by atomic mass is 9.91. The lowest BCUT2D eigenvalue weighted by Crippen LogP contribution is -2.50. The third-order valence-corrected chi connectivity index (χ3v) is 7.60. The van der Waals surface area contributed by atoms with E-state index in [1.807, 2.05) is 11.0 Å². The Morgan fingerprint density at radius 2 is 1.92 bits per heavy atom. The van der Waals surface area contributed by atoms with Gasteiger partial charge in [0.25, 0.3) is 5.56 Å². The smallest absolute Gasteiger partial charge is 0.264 e. The summed E-state index contributed by atoms with van der Waals surface area (Å²) in [5.74, 6) is -0.0804. The van der Waals surface area contributed by atoms with Crippen LogP contribution in [0.4, 0.5) is 4.39 Å². The quantitative estimate of drug-likeness (QED) is 0.407. The zero-order chi connectivity index (χ0) is 26.4. The van der Waals surface area contributed by atoms with Gasteiger partial charge in [0.1, 0.15) is 17.5 Å². The van der Waals surface area contributed by atoms with Gasteiger partial charge in [-0.1, -0.05) is 18.2 Å². The molecular weight excluding hydrogens is 489 g/mol. The van der Waals surface area contributed by atoms with Crippen LogP contribution in [0.5, 0.6) is 0 Å². The lowest BCUT2D eigenvalue weighted by molar-refractivity contribution is -0.137. The van der Waals surface area contributed by atoms with Gasteiger partial charge in [-0.2, -0.15) is 5.10 Å². The first-order valence-corrected chi connectivity index (χ1v) is 12.8. The van der Waals surface area contributed by atoms with Gasteiger partial charge >= 0.3 is 0 Å². The first-order valence-electron chi connectivity index (χ1n) is 12.8. The molecule has 1 aliphatic carbocycles. The van der Waals surface area contributed by atoms with Crippen molar-refractivity contribution in [2.45, 2.75) is 44.4 Å². The molecule has 196 valence electrons. The van der Waals surface area contributed by atoms with Gasteiger partial charge in [0.15, 0.2) is 5.65 Å². The number of fused-ring (bicyclic) bond motifs is 1. The van der Waals surface area contributed by atoms with E-state index >= 15 is 0 Å². The Kier molecular flexibility index (Phi) is 6.08. The summed E-state index contributed by atoms with van der Waals surface area (Å²) in [4.78, 5) is 31.9. The Hall–Kier alpha value is -3.89. The first kappa shape index (κ1) is 24.4. The highest BCUT2D eigenvalue weighted by Gasteiger charge is 2.39. The normalized spacial score (nSPS) is 17.2. The second-order valence-corrected chi connectivity index (χ2v) is 10.3. The van der Waals surface area contributed by atoms with Crippen LogP contribution in [-0.2, 0) is 17.9 Å². The van der Waals surface area contributed by atoms with Gasteiger partial charge in [0.05, 0.1) is 30.6 Å². The van der Waals surface area contributed by atoms with Crippen molar-refractivity contribution in [2.24, 2.45) is 5.92 Å². The predicted molar refractivity (Wildman–Crippen MR) is 138 cm³/mol. The van der Waals surface area contributed by atoms with Crippen LogP contribution in [0.15, 0.2) is 59.8 Å². The maximum atomic E-state index is 13.9. The van der Waals surface area contributed by atoms with Gasteiger partial charge < -0.3 is 15.1 Å². The Labute approximate surface area is 217 Å². The molecule has 2 aromatic carbocycles. The standard InChI is InChI=1S/C28H28FN5O4/c29-21-7-6-20(15-35)23(13-21)19-2-1-3-22(12-19)34-25-24(14-31-34)27(37)33(17-30-25)16-28(38)8-10-32(11-9-28)26(36)18-4-5-18/h1-3,6-7,12-14,17-18,35,38H,4-5,8-11,15-16H2. The minimum atomic E-state index is -1.10. The zero-order valence-electron chi connectivity index (χ0n) is 20.8. The van der Waals surface area contributed by atoms with Crippen LogP contribution < -0.4 is 5.56 Å². The third kappa shape index (κ3) is 4.50. The molecule has 0 unspecified atom stereocenters. The van der Waals surface area contributed by atoms with Crippen LogP contribution in [0.3, 0.4) is 0 Å². The molecule has 2 aromatic heterocycles. The molecule has 2 N–H and O–H groups in total. The number of benzene rings is 2. The number of rotatable bonds is 6. The number of aromatic nitrogens is 4. The molecule has 1 saturated heterocycles. The van der Waals surface area contributed by atoms with E-state index < -0.39 is 11.4 Å². The molecule has 6 rings (SSSR count). The number of hydrogen-bond donors (Lipinski definition) is 2. The second kappa shape index (κ2) is 9.45. The molecule has 3 heterocycles. The maximum absolute atomic E-state index is 13.9. The van der Waals surface area contributed by atoms with E-state index in [1.165, 1.54) is 29.2 Å². The summed E-state index contributed by atoms with van der Waals surface area (Å²) >= 11 is 0. The molecule has 1 aliphatic heterocycles. The van der Waals surface area contributed by atoms with E-state index in [2.05, 4.69) is 10.1 Å². The molecule has 38 heavy (non-hydrogen) atoms. The number of carbonyl (C=O) groups is 1. The fourth-order valence-corrected chi connectivity index (χ4v) is 5.22. The topological polar surface area (TPSA) is 113 Å². The van der Waals surface area contributed by atoms with Crippen LogP contribution >= 0.6 is 0 Å². The van der Waals surface area contributed by atoms with Gasteiger partial charge in [-0.05, 0) is 66.6 Å². The van der Waals surface area contributed by atoms with Crippen molar-refractivity contribution in [3.8, 4) is 16.8 Å². The van der Waals surface area contributed by atoms with Crippen LogP contribution in [0.2, 0.25) is 0 Å². The van der Waals surface area contributed by atoms with Crippen molar-refractivity contribution >= 4 is 16.9 Å². The highest BCUT2D eigenvalue weighted by atomic mass is 19.1. The van der Waals surface area contributed by atoms with Gasteiger partial charge in [-0.3, -0.25) is 14.2 Å². The van der Waals surface area contributed by atoms with Crippen molar-refractivity contribution in [3.63, 3.8) is 0 Å². The van der Waals surface area contributed by atoms with Crippen LogP contribution in [0.1, 0.15) is 31.2 Å². The molecule has 2 fully saturated rings. The monoisotopic (exact) mass is 517 g/mol. The molecule has 9 nitrogen and oxygen atoms in total. The van der Waals surface area contributed by atoms with E-state index in [0.717, 1.165) is 12.8 Å². The number of likely N-dealkylation sites (tertiary alicyclic amines) is 1. The van der Waals surface area contributed by atoms with Crippen molar-refractivity contribution in [1.29, 1.82) is 0 Å². The molecular formula is C28H28FN5O4. The number of carbonyl (C=O) groups excluding carboxylic acids is 1. The third-order valence-electron chi connectivity index (χ3n) is 7.60. The van der Waals surface area contributed by atoms with Gasteiger partial charge in [-0.25, -0.2) is 14.1 Å². The highest BCUT2D eigenvalue weighted by molar-refractivity contribution is 5.81. The summed E-state index contributed by atoms with van der Waals surface area (Å²) in [6.07, 6.45) is 5.58. The average Bonchev–Trinajstić information content (AvgIpc) is 3.69. The summed E-state index contributed by atoms with van der Waals surface area (Å²) in [5, 5.41) is 25.6. The largest absolute Gasteiger partial charge is 0.392 e. The zero-order valence-corrected chi connectivity index (χ0v) is 20.8. The van der Waals surface area contributed by atoms with Crippen molar-refractivity contribution in [2.75, 3.05) is 13.1 Å². The highest BCUT2D eigenvalue weighted by Crippen LogP contribution is 2.33. The molecule has 4 aromatic rings. The number of nitrogens with zero attached hydrogens (tertiary/aromatic N) is 5. The molecule has 0 atom stereocenters. The minimum absolute atomic E-state index is 0.0877. The van der Waals surface area contributed by atoms with Crippen LogP contribution in [0.25, 0.3) is 27.8 Å². The summed E-state index contributed by atoms with van der Waals surface area (Å²) in [5.41, 5.74) is 1.43. The van der Waals surface area contributed by atoms with Gasteiger partial charge in [0.2, 0.25) is 5.91 Å². The van der Waals surface area contributed by atoms with Crippen molar-refractivity contribution in [3.05, 3.63) is 76.7 Å². The fourth-order valence-electron chi connectivity index (χ4n) is 5.22. The SMILES string of the molecule is O=C(C1CC1)N1CCC(O)(Cn2cnc3c(cnn3-c3cccc(-c4cc(F)ccc4CO)c3)c2=O)CC1. The number of halogens is 1. The Balaban J connectivity index is 1.26. The molecule has 2 aliphatic rings. The minimum Gasteiger partial charge on any atom is -0.392 e. The van der Waals surface area contributed by atoms with E-state index in [4.69, 9.17) is 0 Å². The second-order valence-electron chi connectivity index (χ2n) is 10.3.